The van der Waals surface area contributed by atoms with E-state index in [0.29, 0.717) is 38.7 Å². The van der Waals surface area contributed by atoms with Gasteiger partial charge in [-0.2, -0.15) is 15.5 Å². The summed E-state index contributed by atoms with van der Waals surface area (Å²) in [6, 6.07) is 20.0. The minimum Gasteiger partial charge on any atom is -0.269 e. The number of hydrogen-bond acceptors (Lipinski definition) is 8. The van der Waals surface area contributed by atoms with Crippen LogP contribution in [0.5, 0.6) is 0 Å². The smallest absolute Gasteiger partial charge is 0.269 e. The monoisotopic (exact) mass is 569 g/mol. The maximum Gasteiger partial charge on any atom is 0.272 e. The summed E-state index contributed by atoms with van der Waals surface area (Å²) in [6.07, 6.45) is 3.47. The highest BCUT2D eigenvalue weighted by atomic mass is 32.1. The molecule has 0 radical (unpaired) electrons. The van der Waals surface area contributed by atoms with E-state index in [1.165, 1.54) is 11.5 Å². The van der Waals surface area contributed by atoms with Crippen molar-refractivity contribution in [2.75, 3.05) is 0 Å². The fraction of sp³-hybridized carbons (Fsp3) is 0.0645. The molecule has 4 heterocycles. The number of nitriles is 1. The number of hydrogen-bond donors (Lipinski definition) is 1. The van der Waals surface area contributed by atoms with E-state index in [2.05, 4.69) is 25.7 Å². The summed E-state index contributed by atoms with van der Waals surface area (Å²) in [4.78, 5) is 39.9. The lowest BCUT2D eigenvalue weighted by Gasteiger charge is -2.15. The Labute approximate surface area is 242 Å². The SMILES string of the molecule is Cn1ncc(-c2ccc3c(=O)[nH]nc(CN4C(=O)c5ccccc5C4=O)c3c2)c1-c1ccc(-c2cnsc2)cc1C#N. The van der Waals surface area contributed by atoms with E-state index < -0.39 is 11.8 Å². The van der Waals surface area contributed by atoms with Crippen LogP contribution >= 0.6 is 11.5 Å². The number of aromatic nitrogens is 5. The lowest BCUT2D eigenvalue weighted by atomic mass is 9.94. The van der Waals surface area contributed by atoms with Crippen LogP contribution in [0.25, 0.3) is 44.3 Å². The van der Waals surface area contributed by atoms with Crippen molar-refractivity contribution in [1.29, 1.82) is 5.26 Å². The number of nitrogens with one attached hydrogen (secondary N) is 1. The number of aromatic amines is 1. The number of carbonyl (C=O) groups is 2. The minimum absolute atomic E-state index is 0.111. The van der Waals surface area contributed by atoms with Crippen LogP contribution in [0.15, 0.2) is 83.2 Å². The average Bonchev–Trinajstić information content (AvgIpc) is 3.74. The van der Waals surface area contributed by atoms with Gasteiger partial charge in [0.05, 0.1) is 52.3 Å². The van der Waals surface area contributed by atoms with Gasteiger partial charge in [0.2, 0.25) is 0 Å². The number of rotatable bonds is 5. The summed E-state index contributed by atoms with van der Waals surface area (Å²) in [5, 5.41) is 24.0. The van der Waals surface area contributed by atoms with E-state index in [1.807, 2.05) is 29.6 Å². The number of nitrogens with zero attached hydrogens (tertiary/aromatic N) is 6. The second-order valence-corrected chi connectivity index (χ2v) is 10.5. The first kappa shape index (κ1) is 25.3. The third kappa shape index (κ3) is 3.93. The highest BCUT2D eigenvalue weighted by Gasteiger charge is 2.35. The van der Waals surface area contributed by atoms with Crippen LogP contribution in [0.2, 0.25) is 0 Å². The van der Waals surface area contributed by atoms with E-state index >= 15 is 0 Å². The molecule has 42 heavy (non-hydrogen) atoms. The standard InChI is InChI=1S/C31H19N7O3S/c1-37-28(21-8-6-17(10-19(21)12-32)20-13-34-42-16-20)26(14-33-37)18-7-9-22-25(11-18)27(35-36-29(22)39)15-38-30(40)23-4-2-3-5-24(23)31(38)41/h2-11,13-14,16H,15H2,1H3,(H,36,39). The van der Waals surface area contributed by atoms with E-state index in [4.69, 9.17) is 0 Å². The summed E-state index contributed by atoms with van der Waals surface area (Å²) >= 11 is 1.34. The summed E-state index contributed by atoms with van der Waals surface area (Å²) < 4.78 is 5.86. The zero-order valence-electron chi connectivity index (χ0n) is 22.0. The van der Waals surface area contributed by atoms with E-state index in [1.54, 1.807) is 60.5 Å². The van der Waals surface area contributed by atoms with Gasteiger partial charge in [0, 0.05) is 40.7 Å². The molecule has 6 aromatic rings. The first-order valence-corrected chi connectivity index (χ1v) is 13.7. The number of H-pyrrole nitrogens is 1. The Kier molecular flexibility index (Phi) is 5.85. The zero-order chi connectivity index (χ0) is 29.0. The van der Waals surface area contributed by atoms with E-state index in [9.17, 15) is 19.6 Å². The van der Waals surface area contributed by atoms with Crippen molar-refractivity contribution in [1.82, 2.24) is 29.3 Å². The van der Waals surface area contributed by atoms with Gasteiger partial charge in [0.1, 0.15) is 0 Å². The third-order valence-electron chi connectivity index (χ3n) is 7.46. The lowest BCUT2D eigenvalue weighted by molar-refractivity contribution is 0.0640. The van der Waals surface area contributed by atoms with Crippen LogP contribution in [-0.4, -0.2) is 41.1 Å². The fourth-order valence-electron chi connectivity index (χ4n) is 5.38. The van der Waals surface area contributed by atoms with Crippen LogP contribution in [0.4, 0.5) is 0 Å². The molecule has 0 atom stereocenters. The van der Waals surface area contributed by atoms with Crippen molar-refractivity contribution in [3.63, 3.8) is 0 Å². The van der Waals surface area contributed by atoms with E-state index in [-0.39, 0.29) is 12.1 Å². The summed E-state index contributed by atoms with van der Waals surface area (Å²) in [5.41, 5.74) is 5.87. The van der Waals surface area contributed by atoms with Crippen LogP contribution in [0.3, 0.4) is 0 Å². The Bertz CT molecular complexity index is 2140. The maximum atomic E-state index is 13.0. The molecule has 0 saturated heterocycles. The first-order chi connectivity index (χ1) is 20.4. The predicted octanol–water partition coefficient (Wildman–Crippen LogP) is 4.78. The maximum absolute atomic E-state index is 13.0. The molecule has 0 bridgehead atoms. The molecule has 3 aromatic heterocycles. The van der Waals surface area contributed by atoms with Gasteiger partial charge in [0.15, 0.2) is 0 Å². The third-order valence-corrected chi connectivity index (χ3v) is 8.05. The molecule has 7 rings (SSSR count). The molecule has 0 spiro atoms. The van der Waals surface area contributed by atoms with Gasteiger partial charge in [-0.3, -0.25) is 24.0 Å². The highest BCUT2D eigenvalue weighted by molar-refractivity contribution is 7.03. The minimum atomic E-state index is -0.409. The van der Waals surface area contributed by atoms with Gasteiger partial charge in [-0.15, -0.1) is 0 Å². The van der Waals surface area contributed by atoms with Gasteiger partial charge in [-0.05, 0) is 53.0 Å². The molecule has 202 valence electrons. The van der Waals surface area contributed by atoms with Gasteiger partial charge in [0.25, 0.3) is 17.4 Å². The van der Waals surface area contributed by atoms with Crippen LogP contribution in [-0.2, 0) is 13.6 Å². The van der Waals surface area contributed by atoms with Crippen molar-refractivity contribution in [2.45, 2.75) is 6.54 Å². The lowest BCUT2D eigenvalue weighted by Crippen LogP contribution is -2.30. The molecule has 0 unspecified atom stereocenters. The Morgan fingerprint density at radius 3 is 2.33 bits per heavy atom. The van der Waals surface area contributed by atoms with Gasteiger partial charge >= 0.3 is 0 Å². The van der Waals surface area contributed by atoms with Gasteiger partial charge < -0.3 is 0 Å². The number of fused-ring (bicyclic) bond motifs is 2. The van der Waals surface area contributed by atoms with Crippen LogP contribution in [0.1, 0.15) is 32.0 Å². The van der Waals surface area contributed by atoms with Crippen molar-refractivity contribution in [3.8, 4) is 39.6 Å². The zero-order valence-corrected chi connectivity index (χ0v) is 22.8. The Balaban J connectivity index is 1.33. The second kappa shape index (κ2) is 9.72. The van der Waals surface area contributed by atoms with E-state index in [0.717, 1.165) is 32.8 Å². The predicted molar refractivity (Wildman–Crippen MR) is 156 cm³/mol. The molecule has 10 nitrogen and oxygen atoms in total. The normalized spacial score (nSPS) is 12.6. The average molecular weight is 570 g/mol. The van der Waals surface area contributed by atoms with Crippen molar-refractivity contribution < 1.29 is 9.59 Å². The molecule has 1 aliphatic heterocycles. The first-order valence-electron chi connectivity index (χ1n) is 12.9. The van der Waals surface area contributed by atoms with Crippen molar-refractivity contribution in [3.05, 3.63) is 111 Å². The largest absolute Gasteiger partial charge is 0.272 e. The summed E-state index contributed by atoms with van der Waals surface area (Å²) in [5.74, 6) is -0.818. The molecule has 0 aliphatic carbocycles. The van der Waals surface area contributed by atoms with Crippen LogP contribution < -0.4 is 5.56 Å². The highest BCUT2D eigenvalue weighted by Crippen LogP contribution is 2.37. The molecule has 2 amide bonds. The Morgan fingerprint density at radius 2 is 1.62 bits per heavy atom. The summed E-state index contributed by atoms with van der Waals surface area (Å²) in [7, 11) is 1.80. The molecule has 3 aromatic carbocycles. The summed E-state index contributed by atoms with van der Waals surface area (Å²) in [6.45, 7) is -0.111. The molecule has 1 N–H and O–H groups in total. The molecule has 0 saturated carbocycles. The van der Waals surface area contributed by atoms with Crippen molar-refractivity contribution >= 4 is 34.1 Å². The molecule has 0 fully saturated rings. The van der Waals surface area contributed by atoms with Gasteiger partial charge in [-0.1, -0.05) is 30.3 Å². The number of carbonyl (C=O) groups excluding carboxylic acids is 2. The molecular weight excluding hydrogens is 550 g/mol. The number of amides is 2. The molecular formula is C31H19N7O3S. The molecule has 11 heteroatoms. The van der Waals surface area contributed by atoms with Crippen LogP contribution in [0, 0.1) is 11.3 Å². The fourth-order valence-corrected chi connectivity index (χ4v) is 5.92. The quantitative estimate of drug-likeness (QED) is 0.295. The number of aryl methyl sites for hydroxylation is 1. The Hall–Kier alpha value is -5.73. The van der Waals surface area contributed by atoms with Crippen molar-refractivity contribution in [2.24, 2.45) is 7.05 Å². The number of imide groups is 1. The van der Waals surface area contributed by atoms with Gasteiger partial charge in [-0.25, -0.2) is 9.47 Å². The topological polar surface area (TPSA) is 138 Å². The number of benzene rings is 3. The molecule has 1 aliphatic rings. The Morgan fingerprint density at radius 1 is 0.857 bits per heavy atom. The second-order valence-electron chi connectivity index (χ2n) is 9.82.